The van der Waals surface area contributed by atoms with E-state index in [1.54, 1.807) is 12.3 Å². The number of carbonyl (C=O) groups is 1. The highest BCUT2D eigenvalue weighted by Crippen LogP contribution is 2.40. The zero-order chi connectivity index (χ0) is 21.9. The Balaban J connectivity index is 1.49. The standard InChI is InChI=1S/C24H23N5O3/c30-23(21-11-6-14-32-21)27-26-22-18-8-1-2-10-20(18)29(24(22)31)16-28-13-4-3-9-19(28)17-7-5-12-25-15-17/h1-2,5-8,10-12,14-15,19,31H,3-4,9,13,16H2. The predicted octanol–water partition coefficient (Wildman–Crippen LogP) is 5.44. The van der Waals surface area contributed by atoms with Crippen LogP contribution in [0.1, 0.15) is 41.4 Å². The summed E-state index contributed by atoms with van der Waals surface area (Å²) in [5.41, 5.74) is 2.28. The second kappa shape index (κ2) is 8.76. The number of piperidine rings is 1. The van der Waals surface area contributed by atoms with Gasteiger partial charge in [-0.3, -0.25) is 19.2 Å². The Hall–Kier alpha value is -3.78. The van der Waals surface area contributed by atoms with Gasteiger partial charge >= 0.3 is 5.91 Å². The molecule has 3 aromatic heterocycles. The molecule has 0 bridgehead atoms. The number of furan rings is 1. The van der Waals surface area contributed by atoms with Gasteiger partial charge in [-0.1, -0.05) is 30.7 Å². The van der Waals surface area contributed by atoms with Crippen LogP contribution < -0.4 is 0 Å². The molecule has 8 nitrogen and oxygen atoms in total. The van der Waals surface area contributed by atoms with Crippen LogP contribution in [0.5, 0.6) is 5.88 Å². The SMILES string of the molecule is O=C(N=Nc1c(O)n(CN2CCCCC2c2cccnc2)c2ccccc12)c1ccco1. The zero-order valence-corrected chi connectivity index (χ0v) is 17.5. The second-order valence-electron chi connectivity index (χ2n) is 7.85. The molecule has 0 radical (unpaired) electrons. The number of rotatable bonds is 5. The summed E-state index contributed by atoms with van der Waals surface area (Å²) < 4.78 is 6.91. The van der Waals surface area contributed by atoms with Gasteiger partial charge in [0.2, 0.25) is 5.88 Å². The average molecular weight is 429 g/mol. The molecule has 1 aromatic carbocycles. The van der Waals surface area contributed by atoms with Crippen LogP contribution in [0, 0.1) is 0 Å². The topological polar surface area (TPSA) is 96.2 Å². The fourth-order valence-corrected chi connectivity index (χ4v) is 4.35. The van der Waals surface area contributed by atoms with Gasteiger partial charge in [-0.25, -0.2) is 0 Å². The third-order valence-corrected chi connectivity index (χ3v) is 5.90. The van der Waals surface area contributed by atoms with Crippen LogP contribution in [0.3, 0.4) is 0 Å². The van der Waals surface area contributed by atoms with Gasteiger partial charge < -0.3 is 9.52 Å². The molecule has 1 amide bonds. The normalized spacial score (nSPS) is 17.3. The van der Waals surface area contributed by atoms with Crippen LogP contribution >= 0.6 is 0 Å². The van der Waals surface area contributed by atoms with Crippen molar-refractivity contribution in [2.45, 2.75) is 32.0 Å². The number of hydrogen-bond acceptors (Lipinski definition) is 6. The number of aromatic nitrogens is 2. The van der Waals surface area contributed by atoms with E-state index < -0.39 is 5.91 Å². The van der Waals surface area contributed by atoms with E-state index >= 15 is 0 Å². The monoisotopic (exact) mass is 429 g/mol. The summed E-state index contributed by atoms with van der Waals surface area (Å²) in [6.07, 6.45) is 8.39. The van der Waals surface area contributed by atoms with Gasteiger partial charge in [-0.2, -0.15) is 0 Å². The number of amides is 1. The van der Waals surface area contributed by atoms with Crippen molar-refractivity contribution in [3.8, 4) is 5.88 Å². The Morgan fingerprint density at radius 2 is 2.06 bits per heavy atom. The van der Waals surface area contributed by atoms with Gasteiger partial charge in [-0.05, 0) is 42.7 Å². The highest BCUT2D eigenvalue weighted by Gasteiger charge is 2.26. The van der Waals surface area contributed by atoms with Crippen LogP contribution in [0.4, 0.5) is 5.69 Å². The van der Waals surface area contributed by atoms with E-state index in [1.807, 2.05) is 41.1 Å². The lowest BCUT2D eigenvalue weighted by atomic mass is 9.97. The van der Waals surface area contributed by atoms with Gasteiger partial charge in [0.1, 0.15) is 0 Å². The van der Waals surface area contributed by atoms with Crippen molar-refractivity contribution in [3.63, 3.8) is 0 Å². The number of carbonyl (C=O) groups excluding carboxylic acids is 1. The van der Waals surface area contributed by atoms with Crippen LogP contribution in [-0.4, -0.2) is 32.0 Å². The molecule has 4 aromatic rings. The van der Waals surface area contributed by atoms with Crippen LogP contribution in [0.2, 0.25) is 0 Å². The Morgan fingerprint density at radius 3 is 2.88 bits per heavy atom. The van der Waals surface area contributed by atoms with E-state index in [4.69, 9.17) is 4.42 Å². The molecular formula is C24H23N5O3. The van der Waals surface area contributed by atoms with Crippen molar-refractivity contribution in [1.29, 1.82) is 0 Å². The molecule has 1 aliphatic heterocycles. The number of para-hydroxylation sites is 1. The predicted molar refractivity (Wildman–Crippen MR) is 119 cm³/mol. The fourth-order valence-electron chi connectivity index (χ4n) is 4.35. The number of likely N-dealkylation sites (tertiary alicyclic amines) is 1. The van der Waals surface area contributed by atoms with Crippen LogP contribution in [0.25, 0.3) is 10.9 Å². The van der Waals surface area contributed by atoms with Crippen molar-refractivity contribution >= 4 is 22.5 Å². The maximum absolute atomic E-state index is 12.2. The largest absolute Gasteiger partial charge is 0.493 e. The molecule has 1 atom stereocenters. The average Bonchev–Trinajstić information content (AvgIpc) is 3.47. The van der Waals surface area contributed by atoms with Gasteiger partial charge in [-0.15, -0.1) is 10.2 Å². The first kappa shape index (κ1) is 20.1. The number of hydrogen-bond donors (Lipinski definition) is 1. The summed E-state index contributed by atoms with van der Waals surface area (Å²) in [5, 5.41) is 19.7. The first-order chi connectivity index (χ1) is 15.7. The van der Waals surface area contributed by atoms with Crippen LogP contribution in [0.15, 0.2) is 81.8 Å². The van der Waals surface area contributed by atoms with Gasteiger partial charge in [0.05, 0.1) is 18.4 Å². The minimum atomic E-state index is -0.598. The van der Waals surface area contributed by atoms with Crippen LogP contribution in [-0.2, 0) is 6.67 Å². The molecule has 1 aliphatic rings. The molecular weight excluding hydrogens is 406 g/mol. The van der Waals surface area contributed by atoms with Crippen molar-refractivity contribution in [2.75, 3.05) is 6.54 Å². The smallest absolute Gasteiger partial charge is 0.331 e. The summed E-state index contributed by atoms with van der Waals surface area (Å²) in [5.74, 6) is -0.513. The van der Waals surface area contributed by atoms with Crippen molar-refractivity contribution < 1.29 is 14.3 Å². The lowest BCUT2D eigenvalue weighted by molar-refractivity contribution is 0.0968. The van der Waals surface area contributed by atoms with E-state index in [0.717, 1.165) is 36.7 Å². The Labute approximate surface area is 184 Å². The summed E-state index contributed by atoms with van der Waals surface area (Å²) in [6, 6.07) is 15.0. The van der Waals surface area contributed by atoms with Crippen molar-refractivity contribution in [3.05, 3.63) is 78.5 Å². The highest BCUT2D eigenvalue weighted by atomic mass is 16.3. The third kappa shape index (κ3) is 3.80. The molecule has 5 rings (SSSR count). The molecule has 0 spiro atoms. The molecule has 1 fully saturated rings. The number of aromatic hydroxyl groups is 1. The Morgan fingerprint density at radius 1 is 1.16 bits per heavy atom. The quantitative estimate of drug-likeness (QED) is 0.426. The van der Waals surface area contributed by atoms with Gasteiger partial charge in [0.25, 0.3) is 0 Å². The number of benzene rings is 1. The van der Waals surface area contributed by atoms with Crippen molar-refractivity contribution in [1.82, 2.24) is 14.5 Å². The highest BCUT2D eigenvalue weighted by molar-refractivity contribution is 5.96. The van der Waals surface area contributed by atoms with E-state index in [2.05, 4.69) is 26.2 Å². The first-order valence-electron chi connectivity index (χ1n) is 10.7. The minimum absolute atomic E-state index is 0.0160. The lowest BCUT2D eigenvalue weighted by Gasteiger charge is -2.36. The van der Waals surface area contributed by atoms with Gasteiger partial charge in [0.15, 0.2) is 11.4 Å². The van der Waals surface area contributed by atoms with E-state index in [9.17, 15) is 9.90 Å². The zero-order valence-electron chi connectivity index (χ0n) is 17.5. The maximum atomic E-state index is 12.2. The molecule has 4 heterocycles. The molecule has 0 aliphatic carbocycles. The Bertz CT molecular complexity index is 1250. The minimum Gasteiger partial charge on any atom is -0.493 e. The summed E-state index contributed by atoms with van der Waals surface area (Å²) >= 11 is 0. The third-order valence-electron chi connectivity index (χ3n) is 5.90. The van der Waals surface area contributed by atoms with E-state index in [-0.39, 0.29) is 23.4 Å². The number of fused-ring (bicyclic) bond motifs is 1. The van der Waals surface area contributed by atoms with E-state index in [1.165, 1.54) is 17.9 Å². The molecule has 1 N–H and O–H groups in total. The maximum Gasteiger partial charge on any atom is 0.331 e. The second-order valence-corrected chi connectivity index (χ2v) is 7.85. The first-order valence-corrected chi connectivity index (χ1v) is 10.7. The molecule has 162 valence electrons. The molecule has 1 unspecified atom stereocenters. The summed E-state index contributed by atoms with van der Waals surface area (Å²) in [4.78, 5) is 18.8. The fraction of sp³-hybridized carbons (Fsp3) is 0.250. The van der Waals surface area contributed by atoms with Crippen molar-refractivity contribution in [2.24, 2.45) is 10.2 Å². The lowest BCUT2D eigenvalue weighted by Crippen LogP contribution is -2.34. The molecule has 32 heavy (non-hydrogen) atoms. The number of pyridine rings is 1. The number of azo groups is 1. The van der Waals surface area contributed by atoms with E-state index in [0.29, 0.717) is 6.67 Å². The summed E-state index contributed by atoms with van der Waals surface area (Å²) in [7, 11) is 0. The number of nitrogens with zero attached hydrogens (tertiary/aromatic N) is 5. The molecule has 1 saturated heterocycles. The summed E-state index contributed by atoms with van der Waals surface area (Å²) in [6.45, 7) is 1.41. The molecule has 0 saturated carbocycles. The molecule has 8 heteroatoms. The Kier molecular flexibility index (Phi) is 5.51. The van der Waals surface area contributed by atoms with Gasteiger partial charge in [0, 0.05) is 30.4 Å².